The molecule has 6 heteroatoms. The second-order valence-corrected chi connectivity index (χ2v) is 6.48. The highest BCUT2D eigenvalue weighted by Gasteiger charge is 2.26. The molecule has 3 rings (SSSR count). The minimum absolute atomic E-state index is 0.136. The van der Waals surface area contributed by atoms with Crippen LogP contribution in [0.3, 0.4) is 0 Å². The number of aryl methyl sites for hydroxylation is 1. The molecule has 0 fully saturated rings. The number of hydrogen-bond donors (Lipinski definition) is 0. The summed E-state index contributed by atoms with van der Waals surface area (Å²) in [6.07, 6.45) is 0. The first-order valence-electron chi connectivity index (χ1n) is 6.09. The number of fused-ring (bicyclic) bond motifs is 1. The van der Waals surface area contributed by atoms with Gasteiger partial charge >= 0.3 is 0 Å². The molecule has 0 saturated carbocycles. The van der Waals surface area contributed by atoms with Crippen LogP contribution < -0.4 is 0 Å². The van der Waals surface area contributed by atoms with Gasteiger partial charge in [-0.25, -0.2) is 17.2 Å². The van der Waals surface area contributed by atoms with Crippen LogP contribution in [0, 0.1) is 18.6 Å². The Bertz CT molecular complexity index is 943. The molecule has 21 heavy (non-hydrogen) atoms. The minimum atomic E-state index is -3.99. The quantitative estimate of drug-likeness (QED) is 0.722. The highest BCUT2D eigenvalue weighted by atomic mass is 32.2. The third-order valence-corrected chi connectivity index (χ3v) is 5.06. The molecule has 0 amide bonds. The van der Waals surface area contributed by atoms with Crippen molar-refractivity contribution in [2.45, 2.75) is 16.7 Å². The van der Waals surface area contributed by atoms with Crippen LogP contribution in [0.4, 0.5) is 8.78 Å². The topological polar surface area (TPSA) is 47.3 Å². The number of sulfone groups is 1. The molecule has 0 aliphatic carbocycles. The largest absolute Gasteiger partial charge is 0.460 e. The SMILES string of the molecule is Cc1oc2ccc(F)cc2c1S(=O)(=O)c1cccc(F)c1. The lowest BCUT2D eigenvalue weighted by molar-refractivity contribution is 0.556. The smallest absolute Gasteiger partial charge is 0.210 e. The molecule has 2 aromatic carbocycles. The highest BCUT2D eigenvalue weighted by molar-refractivity contribution is 7.91. The second-order valence-electron chi connectivity index (χ2n) is 4.59. The van der Waals surface area contributed by atoms with Gasteiger partial charge in [-0.3, -0.25) is 0 Å². The zero-order chi connectivity index (χ0) is 15.2. The Labute approximate surface area is 119 Å². The summed E-state index contributed by atoms with van der Waals surface area (Å²) in [7, 11) is -3.99. The van der Waals surface area contributed by atoms with Crippen molar-refractivity contribution in [3.8, 4) is 0 Å². The number of benzene rings is 2. The molecule has 0 unspecified atom stereocenters. The van der Waals surface area contributed by atoms with Gasteiger partial charge in [-0.15, -0.1) is 0 Å². The molecule has 108 valence electrons. The summed E-state index contributed by atoms with van der Waals surface area (Å²) in [5.41, 5.74) is 0.267. The zero-order valence-electron chi connectivity index (χ0n) is 10.9. The standard InChI is InChI=1S/C15H10F2O3S/c1-9-15(13-8-11(17)5-6-14(13)20-9)21(18,19)12-4-2-3-10(16)7-12/h2-8H,1H3. The number of furan rings is 1. The normalized spacial score (nSPS) is 12.0. The van der Waals surface area contributed by atoms with Gasteiger partial charge in [0.2, 0.25) is 9.84 Å². The Kier molecular flexibility index (Phi) is 3.06. The van der Waals surface area contributed by atoms with Crippen LogP contribution in [-0.4, -0.2) is 8.42 Å². The van der Waals surface area contributed by atoms with Crippen molar-refractivity contribution < 1.29 is 21.6 Å². The van der Waals surface area contributed by atoms with Gasteiger partial charge in [0.25, 0.3) is 0 Å². The molecule has 0 spiro atoms. The maximum atomic E-state index is 13.4. The van der Waals surface area contributed by atoms with E-state index in [1.165, 1.54) is 31.2 Å². The molecule has 3 aromatic rings. The lowest BCUT2D eigenvalue weighted by atomic mass is 10.2. The van der Waals surface area contributed by atoms with Crippen molar-refractivity contribution in [3.05, 3.63) is 59.9 Å². The molecule has 0 radical (unpaired) electrons. The van der Waals surface area contributed by atoms with Gasteiger partial charge in [-0.1, -0.05) is 6.07 Å². The number of rotatable bonds is 2. The fourth-order valence-corrected chi connectivity index (χ4v) is 3.89. The molecule has 0 aliphatic rings. The van der Waals surface area contributed by atoms with E-state index in [4.69, 9.17) is 4.42 Å². The van der Waals surface area contributed by atoms with Crippen molar-refractivity contribution in [1.82, 2.24) is 0 Å². The molecule has 3 nitrogen and oxygen atoms in total. The fourth-order valence-electron chi connectivity index (χ4n) is 2.26. The van der Waals surface area contributed by atoms with Crippen LogP contribution in [0.5, 0.6) is 0 Å². The van der Waals surface area contributed by atoms with E-state index in [1.807, 2.05) is 0 Å². The van der Waals surface area contributed by atoms with E-state index in [-0.39, 0.29) is 26.5 Å². The summed E-state index contributed by atoms with van der Waals surface area (Å²) >= 11 is 0. The Balaban J connectivity index is 2.33. The minimum Gasteiger partial charge on any atom is -0.460 e. The first-order chi connectivity index (χ1) is 9.89. The van der Waals surface area contributed by atoms with Gasteiger partial charge in [0, 0.05) is 5.39 Å². The van der Waals surface area contributed by atoms with Crippen molar-refractivity contribution >= 4 is 20.8 Å². The zero-order valence-corrected chi connectivity index (χ0v) is 11.7. The highest BCUT2D eigenvalue weighted by Crippen LogP contribution is 2.34. The van der Waals surface area contributed by atoms with Crippen molar-refractivity contribution in [2.75, 3.05) is 0 Å². The summed E-state index contributed by atoms with van der Waals surface area (Å²) in [6, 6.07) is 8.31. The van der Waals surface area contributed by atoms with Crippen LogP contribution in [0.25, 0.3) is 11.0 Å². The lowest BCUT2D eigenvalue weighted by Crippen LogP contribution is -2.03. The van der Waals surface area contributed by atoms with Gasteiger partial charge in [0.15, 0.2) is 0 Å². The van der Waals surface area contributed by atoms with Gasteiger partial charge in [-0.05, 0) is 43.3 Å². The van der Waals surface area contributed by atoms with Crippen LogP contribution in [-0.2, 0) is 9.84 Å². The summed E-state index contributed by atoms with van der Waals surface area (Å²) in [5, 5.41) is 0.150. The lowest BCUT2D eigenvalue weighted by Gasteiger charge is -2.04. The van der Waals surface area contributed by atoms with E-state index in [0.717, 1.165) is 18.2 Å². The molecule has 0 aliphatic heterocycles. The predicted molar refractivity (Wildman–Crippen MR) is 72.8 cm³/mol. The Hall–Kier alpha value is -2.21. The first-order valence-corrected chi connectivity index (χ1v) is 7.57. The van der Waals surface area contributed by atoms with Crippen LogP contribution in [0.2, 0.25) is 0 Å². The van der Waals surface area contributed by atoms with E-state index >= 15 is 0 Å². The summed E-state index contributed by atoms with van der Waals surface area (Å²) in [6.45, 7) is 1.48. The average Bonchev–Trinajstić information content (AvgIpc) is 2.74. The van der Waals surface area contributed by atoms with Crippen LogP contribution >= 0.6 is 0 Å². The van der Waals surface area contributed by atoms with E-state index in [0.29, 0.717) is 0 Å². The molecule has 0 atom stereocenters. The van der Waals surface area contributed by atoms with Crippen LogP contribution in [0.15, 0.2) is 56.7 Å². The Morgan fingerprint density at radius 1 is 1.00 bits per heavy atom. The van der Waals surface area contributed by atoms with Crippen molar-refractivity contribution in [3.63, 3.8) is 0 Å². The third kappa shape index (κ3) is 2.21. The average molecular weight is 308 g/mol. The fraction of sp³-hybridized carbons (Fsp3) is 0.0667. The van der Waals surface area contributed by atoms with Gasteiger partial charge in [0.05, 0.1) is 4.90 Å². The predicted octanol–water partition coefficient (Wildman–Crippen LogP) is 3.85. The molecule has 0 saturated heterocycles. The van der Waals surface area contributed by atoms with Crippen LogP contribution in [0.1, 0.15) is 5.76 Å². The summed E-state index contributed by atoms with van der Waals surface area (Å²) in [5.74, 6) is -1.09. The second kappa shape index (κ2) is 4.66. The van der Waals surface area contributed by atoms with Gasteiger partial charge in [0.1, 0.15) is 27.9 Å². The Morgan fingerprint density at radius 3 is 2.43 bits per heavy atom. The molecular formula is C15H10F2O3S. The van der Waals surface area contributed by atoms with Crippen molar-refractivity contribution in [1.29, 1.82) is 0 Å². The summed E-state index contributed by atoms with van der Waals surface area (Å²) in [4.78, 5) is -0.333. The molecule has 0 bridgehead atoms. The third-order valence-electron chi connectivity index (χ3n) is 3.14. The first kappa shape index (κ1) is 13.8. The van der Waals surface area contributed by atoms with Gasteiger partial charge < -0.3 is 4.42 Å². The van der Waals surface area contributed by atoms with E-state index in [2.05, 4.69) is 0 Å². The summed E-state index contributed by atoms with van der Waals surface area (Å²) < 4.78 is 57.3. The van der Waals surface area contributed by atoms with E-state index in [1.54, 1.807) is 0 Å². The van der Waals surface area contributed by atoms with Crippen molar-refractivity contribution in [2.24, 2.45) is 0 Å². The molecular weight excluding hydrogens is 298 g/mol. The Morgan fingerprint density at radius 2 is 1.71 bits per heavy atom. The monoisotopic (exact) mass is 308 g/mol. The van der Waals surface area contributed by atoms with E-state index < -0.39 is 21.5 Å². The van der Waals surface area contributed by atoms with E-state index in [9.17, 15) is 17.2 Å². The maximum Gasteiger partial charge on any atom is 0.210 e. The van der Waals surface area contributed by atoms with Gasteiger partial charge in [-0.2, -0.15) is 0 Å². The molecule has 0 N–H and O–H groups in total. The molecule has 1 heterocycles. The molecule has 1 aromatic heterocycles. The number of hydrogen-bond acceptors (Lipinski definition) is 3. The maximum absolute atomic E-state index is 13.4. The number of halogens is 2.